The highest BCUT2D eigenvalue weighted by molar-refractivity contribution is 5.03. The number of aromatic nitrogens is 1. The van der Waals surface area contributed by atoms with E-state index in [1.54, 1.807) is 0 Å². The SMILES string of the molecule is Cc1cc(CCNC2CCNCC2)on1. The molecule has 0 aliphatic carbocycles. The van der Waals surface area contributed by atoms with Crippen molar-refractivity contribution in [1.82, 2.24) is 15.8 Å². The summed E-state index contributed by atoms with van der Waals surface area (Å²) in [6.07, 6.45) is 3.40. The normalized spacial score (nSPS) is 18.2. The molecule has 4 nitrogen and oxygen atoms in total. The van der Waals surface area contributed by atoms with Gasteiger partial charge in [-0.15, -0.1) is 0 Å². The Morgan fingerprint density at radius 2 is 2.33 bits per heavy atom. The standard InChI is InChI=1S/C11H19N3O/c1-9-8-11(15-14-9)4-7-13-10-2-5-12-6-3-10/h8,10,12-13H,2-7H2,1H3. The first kappa shape index (κ1) is 10.6. The maximum Gasteiger partial charge on any atom is 0.138 e. The fourth-order valence-corrected chi connectivity index (χ4v) is 1.96. The van der Waals surface area contributed by atoms with Crippen LogP contribution in [0.25, 0.3) is 0 Å². The first-order chi connectivity index (χ1) is 7.34. The van der Waals surface area contributed by atoms with Gasteiger partial charge >= 0.3 is 0 Å². The van der Waals surface area contributed by atoms with Crippen molar-refractivity contribution < 1.29 is 4.52 Å². The van der Waals surface area contributed by atoms with Crippen molar-refractivity contribution in [2.45, 2.75) is 32.2 Å². The first-order valence-corrected chi connectivity index (χ1v) is 5.71. The minimum absolute atomic E-state index is 0.676. The van der Waals surface area contributed by atoms with E-state index in [1.807, 2.05) is 13.0 Å². The monoisotopic (exact) mass is 209 g/mol. The Kier molecular flexibility index (Phi) is 3.75. The largest absolute Gasteiger partial charge is 0.361 e. The van der Waals surface area contributed by atoms with E-state index in [0.717, 1.165) is 37.5 Å². The van der Waals surface area contributed by atoms with Crippen molar-refractivity contribution in [3.63, 3.8) is 0 Å². The van der Waals surface area contributed by atoms with E-state index in [-0.39, 0.29) is 0 Å². The third-order valence-corrected chi connectivity index (χ3v) is 2.82. The molecule has 1 aliphatic heterocycles. The summed E-state index contributed by atoms with van der Waals surface area (Å²) in [7, 11) is 0. The fraction of sp³-hybridized carbons (Fsp3) is 0.727. The van der Waals surface area contributed by atoms with Crippen molar-refractivity contribution in [3.05, 3.63) is 17.5 Å². The summed E-state index contributed by atoms with van der Waals surface area (Å²) in [6.45, 7) is 5.21. The van der Waals surface area contributed by atoms with Crippen LogP contribution >= 0.6 is 0 Å². The van der Waals surface area contributed by atoms with Gasteiger partial charge in [0.15, 0.2) is 0 Å². The van der Waals surface area contributed by atoms with Gasteiger partial charge in [-0.25, -0.2) is 0 Å². The Bertz CT molecular complexity index is 292. The van der Waals surface area contributed by atoms with E-state index >= 15 is 0 Å². The highest BCUT2D eigenvalue weighted by atomic mass is 16.5. The van der Waals surface area contributed by atoms with Gasteiger partial charge in [0.05, 0.1) is 5.69 Å². The van der Waals surface area contributed by atoms with Crippen LogP contribution in [0.4, 0.5) is 0 Å². The Morgan fingerprint density at radius 3 is 3.00 bits per heavy atom. The molecule has 1 aromatic heterocycles. The lowest BCUT2D eigenvalue weighted by Gasteiger charge is -2.23. The summed E-state index contributed by atoms with van der Waals surface area (Å²) in [5.41, 5.74) is 0.965. The van der Waals surface area contributed by atoms with Gasteiger partial charge in [-0.2, -0.15) is 0 Å². The van der Waals surface area contributed by atoms with Gasteiger partial charge in [0, 0.05) is 25.1 Å². The maximum atomic E-state index is 5.15. The summed E-state index contributed by atoms with van der Waals surface area (Å²) < 4.78 is 5.15. The molecule has 0 spiro atoms. The molecule has 0 bridgehead atoms. The van der Waals surface area contributed by atoms with Crippen molar-refractivity contribution in [3.8, 4) is 0 Å². The molecule has 84 valence electrons. The smallest absolute Gasteiger partial charge is 0.138 e. The molecule has 0 amide bonds. The van der Waals surface area contributed by atoms with Crippen molar-refractivity contribution >= 4 is 0 Å². The Hall–Kier alpha value is -0.870. The molecule has 0 radical (unpaired) electrons. The van der Waals surface area contributed by atoms with Crippen LogP contribution in [-0.2, 0) is 6.42 Å². The van der Waals surface area contributed by atoms with Crippen molar-refractivity contribution in [1.29, 1.82) is 0 Å². The van der Waals surface area contributed by atoms with E-state index in [0.29, 0.717) is 6.04 Å². The summed E-state index contributed by atoms with van der Waals surface area (Å²) in [5.74, 6) is 0.980. The van der Waals surface area contributed by atoms with Crippen LogP contribution < -0.4 is 10.6 Å². The lowest BCUT2D eigenvalue weighted by atomic mass is 10.1. The van der Waals surface area contributed by atoms with Crippen LogP contribution in [0.1, 0.15) is 24.3 Å². The predicted molar refractivity (Wildman–Crippen MR) is 58.8 cm³/mol. The molecule has 2 rings (SSSR count). The van der Waals surface area contributed by atoms with Crippen molar-refractivity contribution in [2.75, 3.05) is 19.6 Å². The third-order valence-electron chi connectivity index (χ3n) is 2.82. The van der Waals surface area contributed by atoms with Gasteiger partial charge in [0.25, 0.3) is 0 Å². The van der Waals surface area contributed by atoms with Crippen molar-refractivity contribution in [2.24, 2.45) is 0 Å². The van der Waals surface area contributed by atoms with Gasteiger partial charge in [0.2, 0.25) is 0 Å². The molecule has 0 unspecified atom stereocenters. The molecular weight excluding hydrogens is 190 g/mol. The minimum Gasteiger partial charge on any atom is -0.361 e. The molecule has 1 saturated heterocycles. The van der Waals surface area contributed by atoms with E-state index in [1.165, 1.54) is 12.8 Å². The van der Waals surface area contributed by atoms with E-state index in [9.17, 15) is 0 Å². The summed E-state index contributed by atoms with van der Waals surface area (Å²) in [4.78, 5) is 0. The molecule has 4 heteroatoms. The molecule has 1 aliphatic rings. The number of nitrogens with one attached hydrogen (secondary N) is 2. The van der Waals surface area contributed by atoms with Crippen LogP contribution in [-0.4, -0.2) is 30.8 Å². The summed E-state index contributed by atoms with van der Waals surface area (Å²) >= 11 is 0. The van der Waals surface area contributed by atoms with Crippen LogP contribution in [0.3, 0.4) is 0 Å². The van der Waals surface area contributed by atoms with Gasteiger partial charge in [-0.05, 0) is 32.9 Å². The Morgan fingerprint density at radius 1 is 1.53 bits per heavy atom. The van der Waals surface area contributed by atoms with Gasteiger partial charge < -0.3 is 15.2 Å². The van der Waals surface area contributed by atoms with Crippen LogP contribution in [0.5, 0.6) is 0 Å². The summed E-state index contributed by atoms with van der Waals surface area (Å²) in [6, 6.07) is 2.68. The lowest BCUT2D eigenvalue weighted by Crippen LogP contribution is -2.40. The average Bonchev–Trinajstić information content (AvgIpc) is 2.66. The zero-order valence-corrected chi connectivity index (χ0v) is 9.25. The highest BCUT2D eigenvalue weighted by Crippen LogP contribution is 2.04. The second-order valence-electron chi connectivity index (χ2n) is 4.16. The molecule has 0 atom stereocenters. The van der Waals surface area contributed by atoms with Crippen LogP contribution in [0.2, 0.25) is 0 Å². The topological polar surface area (TPSA) is 50.1 Å². The Labute approximate surface area is 90.4 Å². The lowest BCUT2D eigenvalue weighted by molar-refractivity contribution is 0.359. The predicted octanol–water partition coefficient (Wildman–Crippen LogP) is 0.867. The molecular formula is C11H19N3O. The molecule has 0 aromatic carbocycles. The molecule has 2 N–H and O–H groups in total. The second kappa shape index (κ2) is 5.28. The molecule has 1 fully saturated rings. The summed E-state index contributed by atoms with van der Waals surface area (Å²) in [5, 5.41) is 10.8. The van der Waals surface area contributed by atoms with E-state index in [4.69, 9.17) is 4.52 Å². The number of hydrogen-bond acceptors (Lipinski definition) is 4. The highest BCUT2D eigenvalue weighted by Gasteiger charge is 2.11. The molecule has 15 heavy (non-hydrogen) atoms. The number of rotatable bonds is 4. The number of hydrogen-bond donors (Lipinski definition) is 2. The quantitative estimate of drug-likeness (QED) is 0.772. The maximum absolute atomic E-state index is 5.15. The van der Waals surface area contributed by atoms with Gasteiger partial charge in [0.1, 0.15) is 5.76 Å². The second-order valence-corrected chi connectivity index (χ2v) is 4.16. The van der Waals surface area contributed by atoms with Crippen LogP contribution in [0, 0.1) is 6.92 Å². The van der Waals surface area contributed by atoms with Crippen LogP contribution in [0.15, 0.2) is 10.6 Å². The Balaban J connectivity index is 1.65. The molecule has 0 saturated carbocycles. The fourth-order valence-electron chi connectivity index (χ4n) is 1.96. The van der Waals surface area contributed by atoms with Gasteiger partial charge in [-0.1, -0.05) is 5.16 Å². The zero-order chi connectivity index (χ0) is 10.5. The number of aryl methyl sites for hydroxylation is 1. The third kappa shape index (κ3) is 3.32. The number of piperidine rings is 1. The van der Waals surface area contributed by atoms with E-state index < -0.39 is 0 Å². The number of nitrogens with zero attached hydrogens (tertiary/aromatic N) is 1. The average molecular weight is 209 g/mol. The molecule has 1 aromatic rings. The first-order valence-electron chi connectivity index (χ1n) is 5.71. The van der Waals surface area contributed by atoms with E-state index in [2.05, 4.69) is 15.8 Å². The van der Waals surface area contributed by atoms with Gasteiger partial charge in [-0.3, -0.25) is 0 Å². The zero-order valence-electron chi connectivity index (χ0n) is 9.25. The molecule has 2 heterocycles. The minimum atomic E-state index is 0.676.